The molecule has 1 aromatic heterocycles. The number of nitrogens with one attached hydrogen (secondary N) is 2. The van der Waals surface area contributed by atoms with Crippen molar-refractivity contribution in [3.63, 3.8) is 0 Å². The summed E-state index contributed by atoms with van der Waals surface area (Å²) < 4.78 is 16.6. The van der Waals surface area contributed by atoms with E-state index in [2.05, 4.69) is 9.97 Å². The third-order valence-corrected chi connectivity index (χ3v) is 5.46. The SMILES string of the molecule is COc1ccc(C(c2c(O)[nH]c(=O)[nH]c2=O)N(Cc2ccccc2)C(C)C)c(OC)c1OC. The zero-order valence-corrected chi connectivity index (χ0v) is 19.3. The van der Waals surface area contributed by atoms with Gasteiger partial charge in [-0.25, -0.2) is 4.79 Å². The molecule has 0 aliphatic carbocycles. The number of aromatic amines is 2. The summed E-state index contributed by atoms with van der Waals surface area (Å²) in [5, 5.41) is 10.7. The monoisotopic (exact) mass is 455 g/mol. The summed E-state index contributed by atoms with van der Waals surface area (Å²) in [5.74, 6) is 0.650. The smallest absolute Gasteiger partial charge is 0.328 e. The summed E-state index contributed by atoms with van der Waals surface area (Å²) in [6, 6.07) is 12.4. The third-order valence-electron chi connectivity index (χ3n) is 5.46. The second kappa shape index (κ2) is 10.3. The summed E-state index contributed by atoms with van der Waals surface area (Å²) in [5.41, 5.74) is 0.0728. The maximum Gasteiger partial charge on any atom is 0.328 e. The summed E-state index contributed by atoms with van der Waals surface area (Å²) in [4.78, 5) is 31.3. The number of H-pyrrole nitrogens is 2. The Labute approximate surface area is 191 Å². The molecule has 1 atom stereocenters. The van der Waals surface area contributed by atoms with Crippen molar-refractivity contribution in [2.75, 3.05) is 21.3 Å². The fourth-order valence-electron chi connectivity index (χ4n) is 3.94. The zero-order chi connectivity index (χ0) is 24.1. The number of methoxy groups -OCH3 is 3. The van der Waals surface area contributed by atoms with E-state index in [1.54, 1.807) is 12.1 Å². The van der Waals surface area contributed by atoms with Gasteiger partial charge < -0.3 is 19.3 Å². The Balaban J connectivity index is 2.33. The molecule has 0 saturated heterocycles. The minimum atomic E-state index is -0.793. The number of hydrogen-bond acceptors (Lipinski definition) is 7. The summed E-state index contributed by atoms with van der Waals surface area (Å²) >= 11 is 0. The molecule has 3 N–H and O–H groups in total. The molecule has 3 rings (SSSR count). The van der Waals surface area contributed by atoms with Crippen LogP contribution in [0.1, 0.15) is 36.6 Å². The second-order valence-corrected chi connectivity index (χ2v) is 7.75. The Kier molecular flexibility index (Phi) is 7.44. The zero-order valence-electron chi connectivity index (χ0n) is 19.3. The van der Waals surface area contributed by atoms with E-state index in [1.165, 1.54) is 21.3 Å². The van der Waals surface area contributed by atoms with Crippen LogP contribution in [0.5, 0.6) is 23.1 Å². The minimum absolute atomic E-state index is 0.00949. The lowest BCUT2D eigenvalue weighted by atomic mass is 9.95. The van der Waals surface area contributed by atoms with Gasteiger partial charge in [-0.2, -0.15) is 0 Å². The van der Waals surface area contributed by atoms with Gasteiger partial charge in [0.1, 0.15) is 0 Å². The van der Waals surface area contributed by atoms with Gasteiger partial charge in [0.15, 0.2) is 11.5 Å². The molecule has 33 heavy (non-hydrogen) atoms. The quantitative estimate of drug-likeness (QED) is 0.454. The largest absolute Gasteiger partial charge is 0.494 e. The molecule has 3 aromatic rings. The molecule has 0 fully saturated rings. The van der Waals surface area contributed by atoms with Crippen molar-refractivity contribution < 1.29 is 19.3 Å². The van der Waals surface area contributed by atoms with Crippen LogP contribution in [-0.4, -0.2) is 47.3 Å². The number of hydrogen-bond donors (Lipinski definition) is 3. The Bertz CT molecular complexity index is 1200. The number of aromatic nitrogens is 2. The Hall–Kier alpha value is -3.72. The van der Waals surface area contributed by atoms with Gasteiger partial charge in [0.25, 0.3) is 5.56 Å². The topological polar surface area (TPSA) is 117 Å². The molecule has 0 aliphatic heterocycles. The van der Waals surface area contributed by atoms with Gasteiger partial charge in [0.05, 0.1) is 32.9 Å². The predicted molar refractivity (Wildman–Crippen MR) is 124 cm³/mol. The summed E-state index contributed by atoms with van der Waals surface area (Å²) in [7, 11) is 4.50. The number of ether oxygens (including phenoxy) is 3. The number of aromatic hydroxyl groups is 1. The van der Waals surface area contributed by atoms with E-state index in [4.69, 9.17) is 14.2 Å². The fourth-order valence-corrected chi connectivity index (χ4v) is 3.94. The molecular formula is C24H29N3O6. The van der Waals surface area contributed by atoms with E-state index in [0.717, 1.165) is 5.56 Å². The van der Waals surface area contributed by atoms with Crippen LogP contribution in [0, 0.1) is 0 Å². The van der Waals surface area contributed by atoms with Crippen molar-refractivity contribution in [1.82, 2.24) is 14.9 Å². The molecule has 0 radical (unpaired) electrons. The molecule has 2 aromatic carbocycles. The lowest BCUT2D eigenvalue weighted by Gasteiger charge is -2.36. The van der Waals surface area contributed by atoms with Crippen LogP contribution in [0.4, 0.5) is 0 Å². The maximum absolute atomic E-state index is 13.0. The van der Waals surface area contributed by atoms with Crippen LogP contribution in [0.15, 0.2) is 52.1 Å². The van der Waals surface area contributed by atoms with Gasteiger partial charge in [0, 0.05) is 18.2 Å². The molecule has 1 unspecified atom stereocenters. The summed E-state index contributed by atoms with van der Waals surface area (Å²) in [6.07, 6.45) is 0. The van der Waals surface area contributed by atoms with E-state index in [1.807, 2.05) is 49.1 Å². The van der Waals surface area contributed by atoms with Gasteiger partial charge in [-0.1, -0.05) is 30.3 Å². The van der Waals surface area contributed by atoms with Crippen LogP contribution in [0.3, 0.4) is 0 Å². The van der Waals surface area contributed by atoms with E-state index in [9.17, 15) is 14.7 Å². The van der Waals surface area contributed by atoms with Gasteiger partial charge in [0.2, 0.25) is 11.6 Å². The van der Waals surface area contributed by atoms with Crippen LogP contribution in [0.25, 0.3) is 0 Å². The summed E-state index contributed by atoms with van der Waals surface area (Å²) in [6.45, 7) is 4.43. The molecule has 0 saturated carbocycles. The van der Waals surface area contributed by atoms with E-state index in [-0.39, 0.29) is 11.6 Å². The van der Waals surface area contributed by atoms with Gasteiger partial charge >= 0.3 is 5.69 Å². The molecule has 176 valence electrons. The van der Waals surface area contributed by atoms with Crippen LogP contribution >= 0.6 is 0 Å². The van der Waals surface area contributed by atoms with Crippen LogP contribution < -0.4 is 25.5 Å². The predicted octanol–water partition coefficient (Wildman–Crippen LogP) is 2.79. The Morgan fingerprint density at radius 2 is 1.58 bits per heavy atom. The van der Waals surface area contributed by atoms with Crippen molar-refractivity contribution in [2.45, 2.75) is 32.5 Å². The molecular weight excluding hydrogens is 426 g/mol. The van der Waals surface area contributed by atoms with Gasteiger partial charge in [-0.3, -0.25) is 19.7 Å². The number of nitrogens with zero attached hydrogens (tertiary/aromatic N) is 1. The Morgan fingerprint density at radius 1 is 0.909 bits per heavy atom. The highest BCUT2D eigenvalue weighted by atomic mass is 16.5. The van der Waals surface area contributed by atoms with Crippen molar-refractivity contribution >= 4 is 0 Å². The van der Waals surface area contributed by atoms with E-state index < -0.39 is 23.2 Å². The van der Waals surface area contributed by atoms with Crippen molar-refractivity contribution in [3.8, 4) is 23.1 Å². The van der Waals surface area contributed by atoms with Gasteiger partial charge in [-0.05, 0) is 31.5 Å². The first-order chi connectivity index (χ1) is 15.8. The molecule has 9 heteroatoms. The first-order valence-electron chi connectivity index (χ1n) is 10.5. The highest BCUT2D eigenvalue weighted by Crippen LogP contribution is 2.46. The first-order valence-corrected chi connectivity index (χ1v) is 10.5. The molecule has 0 amide bonds. The molecule has 1 heterocycles. The van der Waals surface area contributed by atoms with Crippen molar-refractivity contribution in [3.05, 3.63) is 80.0 Å². The van der Waals surface area contributed by atoms with Crippen molar-refractivity contribution in [2.24, 2.45) is 0 Å². The van der Waals surface area contributed by atoms with Crippen molar-refractivity contribution in [1.29, 1.82) is 0 Å². The maximum atomic E-state index is 13.0. The molecule has 9 nitrogen and oxygen atoms in total. The number of rotatable bonds is 9. The molecule has 0 aliphatic rings. The van der Waals surface area contributed by atoms with Crippen LogP contribution in [-0.2, 0) is 6.54 Å². The highest BCUT2D eigenvalue weighted by molar-refractivity contribution is 5.58. The standard InChI is InChI=1S/C24H29N3O6/c1-14(2)27(13-15-9-7-6-8-10-15)19(18-22(28)25-24(30)26-23(18)29)16-11-12-17(31-3)21(33-5)20(16)32-4/h6-12,14,19H,13H2,1-5H3,(H3,25,26,28,29,30). The minimum Gasteiger partial charge on any atom is -0.494 e. The van der Waals surface area contributed by atoms with Gasteiger partial charge in [-0.15, -0.1) is 0 Å². The normalized spacial score (nSPS) is 12.1. The molecule has 0 spiro atoms. The lowest BCUT2D eigenvalue weighted by Crippen LogP contribution is -2.39. The third kappa shape index (κ3) is 4.88. The fraction of sp³-hybridized carbons (Fsp3) is 0.333. The van der Waals surface area contributed by atoms with Crippen LogP contribution in [0.2, 0.25) is 0 Å². The van der Waals surface area contributed by atoms with E-state index in [0.29, 0.717) is 29.4 Å². The molecule has 0 bridgehead atoms. The van der Waals surface area contributed by atoms with E-state index >= 15 is 0 Å². The first kappa shape index (κ1) is 23.9. The second-order valence-electron chi connectivity index (χ2n) is 7.75. The average molecular weight is 456 g/mol. The lowest BCUT2D eigenvalue weighted by molar-refractivity contribution is 0.161. The average Bonchev–Trinajstić information content (AvgIpc) is 2.79. The Morgan fingerprint density at radius 3 is 2.12 bits per heavy atom. The highest BCUT2D eigenvalue weighted by Gasteiger charge is 2.34. The number of benzene rings is 2.